The van der Waals surface area contributed by atoms with Gasteiger partial charge >= 0.3 is 0 Å². The van der Waals surface area contributed by atoms with Crippen LogP contribution in [0.2, 0.25) is 0 Å². The second-order valence-corrected chi connectivity index (χ2v) is 4.81. The van der Waals surface area contributed by atoms with Gasteiger partial charge in [-0.1, -0.05) is 11.8 Å². The zero-order chi connectivity index (χ0) is 10.8. The highest BCUT2D eigenvalue weighted by Gasteiger charge is 2.16. The quantitative estimate of drug-likeness (QED) is 0.583. The maximum Gasteiger partial charge on any atom is 0.187 e. The molecule has 0 bridgehead atoms. The molecule has 0 spiro atoms. The third-order valence-corrected chi connectivity index (χ3v) is 3.45. The molecule has 0 saturated carbocycles. The van der Waals surface area contributed by atoms with E-state index in [9.17, 15) is 0 Å². The predicted octanol–water partition coefficient (Wildman–Crippen LogP) is 1.93. The molecule has 0 amide bonds. The first-order valence-electron chi connectivity index (χ1n) is 5.34. The summed E-state index contributed by atoms with van der Waals surface area (Å²) in [6.45, 7) is 5.22. The molecule has 15 heavy (non-hydrogen) atoms. The molecule has 0 fully saturated rings. The summed E-state index contributed by atoms with van der Waals surface area (Å²) in [6, 6.07) is 0.580. The Labute approximate surface area is 95.1 Å². The lowest BCUT2D eigenvalue weighted by Gasteiger charge is -2.09. The molecule has 0 saturated heterocycles. The van der Waals surface area contributed by atoms with Crippen molar-refractivity contribution in [2.45, 2.75) is 44.4 Å². The molecule has 2 heterocycles. The van der Waals surface area contributed by atoms with Crippen molar-refractivity contribution in [3.63, 3.8) is 0 Å². The van der Waals surface area contributed by atoms with Gasteiger partial charge in [-0.05, 0) is 32.9 Å². The average molecular weight is 223 g/mol. The average Bonchev–Trinajstić information content (AvgIpc) is 2.41. The molecule has 0 radical (unpaired) electrons. The van der Waals surface area contributed by atoms with E-state index in [1.165, 1.54) is 11.3 Å². The summed E-state index contributed by atoms with van der Waals surface area (Å²) in [5, 5.41) is 4.40. The van der Waals surface area contributed by atoms with Gasteiger partial charge in [0.25, 0.3) is 0 Å². The minimum Gasteiger partial charge on any atom is -0.310 e. The molecule has 0 aliphatic carbocycles. The summed E-state index contributed by atoms with van der Waals surface area (Å²) in [7, 11) is 0. The van der Waals surface area contributed by atoms with Gasteiger partial charge in [-0.3, -0.25) is 0 Å². The van der Waals surface area contributed by atoms with Gasteiger partial charge in [-0.15, -0.1) is 0 Å². The fraction of sp³-hybridized carbons (Fsp3) is 0.636. The second kappa shape index (κ2) is 4.49. The Bertz CT molecular complexity index is 365. The van der Waals surface area contributed by atoms with Gasteiger partial charge in [-0.25, -0.2) is 9.97 Å². The SMILES string of the molecule is CSc1nc(C)c2c(n1)CCC(C)NC2. The van der Waals surface area contributed by atoms with Crippen molar-refractivity contribution in [2.75, 3.05) is 6.26 Å². The van der Waals surface area contributed by atoms with E-state index >= 15 is 0 Å². The molecule has 82 valence electrons. The fourth-order valence-electron chi connectivity index (χ4n) is 1.89. The Morgan fingerprint density at radius 3 is 2.93 bits per heavy atom. The Balaban J connectivity index is 2.38. The van der Waals surface area contributed by atoms with Crippen LogP contribution >= 0.6 is 11.8 Å². The molecule has 3 nitrogen and oxygen atoms in total. The monoisotopic (exact) mass is 223 g/mol. The van der Waals surface area contributed by atoms with E-state index < -0.39 is 0 Å². The molecular weight excluding hydrogens is 206 g/mol. The van der Waals surface area contributed by atoms with Crippen LogP contribution in [0.4, 0.5) is 0 Å². The molecule has 0 aromatic carbocycles. The zero-order valence-electron chi connectivity index (χ0n) is 9.50. The summed E-state index contributed by atoms with van der Waals surface area (Å²) in [4.78, 5) is 9.08. The highest BCUT2D eigenvalue weighted by atomic mass is 32.2. The Hall–Kier alpha value is -0.610. The molecule has 1 unspecified atom stereocenters. The van der Waals surface area contributed by atoms with Gasteiger partial charge in [-0.2, -0.15) is 0 Å². The number of fused-ring (bicyclic) bond motifs is 1. The van der Waals surface area contributed by atoms with Crippen LogP contribution in [0.5, 0.6) is 0 Å². The van der Waals surface area contributed by atoms with E-state index in [0.717, 1.165) is 30.2 Å². The Morgan fingerprint density at radius 2 is 2.20 bits per heavy atom. The van der Waals surface area contributed by atoms with E-state index in [0.29, 0.717) is 6.04 Å². The van der Waals surface area contributed by atoms with Gasteiger partial charge in [0.1, 0.15) is 0 Å². The first-order valence-corrected chi connectivity index (χ1v) is 6.57. The van der Waals surface area contributed by atoms with Crippen LogP contribution in [-0.2, 0) is 13.0 Å². The topological polar surface area (TPSA) is 37.8 Å². The summed E-state index contributed by atoms with van der Waals surface area (Å²) < 4.78 is 0. The summed E-state index contributed by atoms with van der Waals surface area (Å²) >= 11 is 1.62. The number of rotatable bonds is 1. The highest BCUT2D eigenvalue weighted by Crippen LogP contribution is 2.20. The van der Waals surface area contributed by atoms with Gasteiger partial charge in [0, 0.05) is 29.5 Å². The van der Waals surface area contributed by atoms with Crippen LogP contribution < -0.4 is 5.32 Å². The van der Waals surface area contributed by atoms with E-state index in [1.54, 1.807) is 11.8 Å². The van der Waals surface area contributed by atoms with Crippen LogP contribution in [0.15, 0.2) is 5.16 Å². The maximum atomic E-state index is 4.60. The molecular formula is C11H17N3S. The van der Waals surface area contributed by atoms with Crippen molar-refractivity contribution in [2.24, 2.45) is 0 Å². The van der Waals surface area contributed by atoms with E-state index in [-0.39, 0.29) is 0 Å². The van der Waals surface area contributed by atoms with Crippen molar-refractivity contribution < 1.29 is 0 Å². The molecule has 1 atom stereocenters. The van der Waals surface area contributed by atoms with Crippen molar-refractivity contribution in [3.8, 4) is 0 Å². The second-order valence-electron chi connectivity index (χ2n) is 4.04. The lowest BCUT2D eigenvalue weighted by Crippen LogP contribution is -2.23. The number of thioether (sulfide) groups is 1. The standard InChI is InChI=1S/C11H17N3S/c1-7-4-5-10-9(6-12-7)8(2)13-11(14-10)15-3/h7,12H,4-6H2,1-3H3. The van der Waals surface area contributed by atoms with Crippen LogP contribution in [0, 0.1) is 6.92 Å². The number of aryl methyl sites for hydroxylation is 2. The first-order chi connectivity index (χ1) is 7.20. The molecule has 2 rings (SSSR count). The third kappa shape index (κ3) is 2.32. The van der Waals surface area contributed by atoms with E-state index in [4.69, 9.17) is 0 Å². The van der Waals surface area contributed by atoms with E-state index in [2.05, 4.69) is 29.1 Å². The number of aromatic nitrogens is 2. The third-order valence-electron chi connectivity index (χ3n) is 2.90. The Kier molecular flexibility index (Phi) is 3.26. The lowest BCUT2D eigenvalue weighted by molar-refractivity contribution is 0.532. The molecule has 1 aromatic heterocycles. The van der Waals surface area contributed by atoms with Crippen molar-refractivity contribution >= 4 is 11.8 Å². The Morgan fingerprint density at radius 1 is 1.40 bits per heavy atom. The maximum absolute atomic E-state index is 4.60. The first kappa shape index (κ1) is 10.9. The highest BCUT2D eigenvalue weighted by molar-refractivity contribution is 7.98. The van der Waals surface area contributed by atoms with Crippen LogP contribution in [-0.4, -0.2) is 22.3 Å². The number of hydrogen-bond acceptors (Lipinski definition) is 4. The van der Waals surface area contributed by atoms with Crippen molar-refractivity contribution in [1.82, 2.24) is 15.3 Å². The normalized spacial score (nSPS) is 20.9. The van der Waals surface area contributed by atoms with Crippen LogP contribution in [0.3, 0.4) is 0 Å². The summed E-state index contributed by atoms with van der Waals surface area (Å²) in [5.41, 5.74) is 3.67. The van der Waals surface area contributed by atoms with Crippen molar-refractivity contribution in [1.29, 1.82) is 0 Å². The molecule has 1 aliphatic heterocycles. The molecule has 4 heteroatoms. The van der Waals surface area contributed by atoms with Gasteiger partial charge in [0.05, 0.1) is 0 Å². The summed E-state index contributed by atoms with van der Waals surface area (Å²) in [6.07, 6.45) is 4.26. The molecule has 1 aliphatic rings. The van der Waals surface area contributed by atoms with Gasteiger partial charge in [0.15, 0.2) is 5.16 Å². The zero-order valence-corrected chi connectivity index (χ0v) is 10.3. The van der Waals surface area contributed by atoms with Gasteiger partial charge in [0.2, 0.25) is 0 Å². The smallest absolute Gasteiger partial charge is 0.187 e. The number of nitrogens with zero attached hydrogens (tertiary/aromatic N) is 2. The van der Waals surface area contributed by atoms with Crippen molar-refractivity contribution in [3.05, 3.63) is 17.0 Å². The summed E-state index contributed by atoms with van der Waals surface area (Å²) in [5.74, 6) is 0. The molecule has 1 aromatic rings. The minimum atomic E-state index is 0.580. The largest absolute Gasteiger partial charge is 0.310 e. The molecule has 1 N–H and O–H groups in total. The van der Waals surface area contributed by atoms with Gasteiger partial charge < -0.3 is 5.32 Å². The predicted molar refractivity (Wildman–Crippen MR) is 63.2 cm³/mol. The minimum absolute atomic E-state index is 0.580. The van der Waals surface area contributed by atoms with E-state index in [1.807, 2.05) is 6.26 Å². The lowest BCUT2D eigenvalue weighted by atomic mass is 10.1. The van der Waals surface area contributed by atoms with Crippen LogP contribution in [0.1, 0.15) is 30.3 Å². The van der Waals surface area contributed by atoms with Crippen LogP contribution in [0.25, 0.3) is 0 Å². The number of nitrogens with one attached hydrogen (secondary N) is 1. The fourth-order valence-corrected chi connectivity index (χ4v) is 2.32. The number of hydrogen-bond donors (Lipinski definition) is 1.